The van der Waals surface area contributed by atoms with Crippen molar-refractivity contribution in [1.29, 1.82) is 0 Å². The molecule has 0 aliphatic heterocycles. The Kier molecular flexibility index (Phi) is 4.71. The number of ether oxygens (including phenoxy) is 1. The van der Waals surface area contributed by atoms with E-state index in [9.17, 15) is 4.79 Å². The number of aryl methyl sites for hydroxylation is 1. The Hall–Kier alpha value is -0.940. The largest absolute Gasteiger partial charge is 0.469 e. The number of carbonyl (C=O) groups excluding carboxylic acids is 1. The average molecular weight is 228 g/mol. The van der Waals surface area contributed by atoms with Crippen molar-refractivity contribution < 1.29 is 9.53 Å². The second-order valence-corrected chi connectivity index (χ2v) is 4.39. The van der Waals surface area contributed by atoms with Crippen molar-refractivity contribution in [2.45, 2.75) is 32.9 Å². The summed E-state index contributed by atoms with van der Waals surface area (Å²) >= 11 is 1.63. The van der Waals surface area contributed by atoms with Crippen LogP contribution in [0.2, 0.25) is 0 Å². The summed E-state index contributed by atoms with van der Waals surface area (Å²) in [6, 6.07) is 0.113. The minimum Gasteiger partial charge on any atom is -0.469 e. The highest BCUT2D eigenvalue weighted by molar-refractivity contribution is 7.09. The first-order valence-corrected chi connectivity index (χ1v) is 5.71. The van der Waals surface area contributed by atoms with Gasteiger partial charge in [0.25, 0.3) is 0 Å². The molecule has 0 bridgehead atoms. The van der Waals surface area contributed by atoms with Crippen molar-refractivity contribution in [3.63, 3.8) is 0 Å². The zero-order valence-electron chi connectivity index (χ0n) is 9.24. The molecule has 1 rings (SSSR count). The van der Waals surface area contributed by atoms with Crippen molar-refractivity contribution in [1.82, 2.24) is 10.3 Å². The number of nitrogens with one attached hydrogen (secondary N) is 1. The SMILES string of the molecule is COC(=O)CC(C)NCc1nc(C)cs1. The van der Waals surface area contributed by atoms with Crippen LogP contribution in [0.3, 0.4) is 0 Å². The summed E-state index contributed by atoms with van der Waals surface area (Å²) in [5.41, 5.74) is 1.04. The number of carbonyl (C=O) groups is 1. The van der Waals surface area contributed by atoms with Gasteiger partial charge in [0.2, 0.25) is 0 Å². The Balaban J connectivity index is 2.28. The normalized spacial score (nSPS) is 12.5. The molecule has 5 heteroatoms. The number of hydrogen-bond acceptors (Lipinski definition) is 5. The van der Waals surface area contributed by atoms with Crippen LogP contribution in [-0.4, -0.2) is 24.1 Å². The summed E-state index contributed by atoms with van der Waals surface area (Å²) in [5.74, 6) is -0.190. The van der Waals surface area contributed by atoms with Crippen molar-refractivity contribution >= 4 is 17.3 Å². The molecule has 0 saturated heterocycles. The molecule has 0 aliphatic rings. The minimum atomic E-state index is -0.190. The molecule has 0 aliphatic carbocycles. The van der Waals surface area contributed by atoms with E-state index in [4.69, 9.17) is 0 Å². The van der Waals surface area contributed by atoms with Crippen LogP contribution in [-0.2, 0) is 16.1 Å². The van der Waals surface area contributed by atoms with E-state index in [1.54, 1.807) is 11.3 Å². The van der Waals surface area contributed by atoms with Crippen molar-refractivity contribution in [2.75, 3.05) is 7.11 Å². The van der Waals surface area contributed by atoms with Crippen molar-refractivity contribution in [3.05, 3.63) is 16.1 Å². The quantitative estimate of drug-likeness (QED) is 0.776. The first-order valence-electron chi connectivity index (χ1n) is 4.83. The highest BCUT2D eigenvalue weighted by atomic mass is 32.1. The van der Waals surface area contributed by atoms with Gasteiger partial charge in [-0.05, 0) is 13.8 Å². The summed E-state index contributed by atoms with van der Waals surface area (Å²) in [5, 5.41) is 6.29. The number of methoxy groups -OCH3 is 1. The Morgan fingerprint density at radius 2 is 2.47 bits per heavy atom. The zero-order valence-corrected chi connectivity index (χ0v) is 10.1. The standard InChI is InChI=1S/C10H16N2O2S/c1-7(4-10(13)14-3)11-5-9-12-8(2)6-15-9/h6-7,11H,4-5H2,1-3H3. The van der Waals surface area contributed by atoms with Gasteiger partial charge in [0.05, 0.1) is 13.5 Å². The third-order valence-corrected chi connectivity index (χ3v) is 2.94. The molecule has 0 amide bonds. The monoisotopic (exact) mass is 228 g/mol. The van der Waals surface area contributed by atoms with E-state index in [-0.39, 0.29) is 12.0 Å². The zero-order chi connectivity index (χ0) is 11.3. The van der Waals surface area contributed by atoms with E-state index < -0.39 is 0 Å². The molecule has 0 fully saturated rings. The van der Waals surface area contributed by atoms with Crippen LogP contribution in [0.5, 0.6) is 0 Å². The van der Waals surface area contributed by atoms with Crippen LogP contribution in [0.1, 0.15) is 24.0 Å². The predicted molar refractivity (Wildman–Crippen MR) is 59.8 cm³/mol. The maximum Gasteiger partial charge on any atom is 0.307 e. The maximum atomic E-state index is 11.0. The Labute approximate surface area is 93.7 Å². The van der Waals surface area contributed by atoms with Gasteiger partial charge in [-0.2, -0.15) is 0 Å². The van der Waals surface area contributed by atoms with Crippen molar-refractivity contribution in [2.24, 2.45) is 0 Å². The van der Waals surface area contributed by atoms with Crippen LogP contribution in [0, 0.1) is 6.92 Å². The topological polar surface area (TPSA) is 51.2 Å². The van der Waals surface area contributed by atoms with E-state index >= 15 is 0 Å². The van der Waals surface area contributed by atoms with Crippen molar-refractivity contribution in [3.8, 4) is 0 Å². The summed E-state index contributed by atoms with van der Waals surface area (Å²) in [6.45, 7) is 4.63. The molecule has 0 spiro atoms. The average Bonchev–Trinajstić information content (AvgIpc) is 2.61. The fourth-order valence-corrected chi connectivity index (χ4v) is 1.87. The number of hydrogen-bond donors (Lipinski definition) is 1. The predicted octanol–water partition coefficient (Wildman–Crippen LogP) is 1.49. The molecular formula is C10H16N2O2S. The number of esters is 1. The highest BCUT2D eigenvalue weighted by Crippen LogP contribution is 2.08. The van der Waals surface area contributed by atoms with Gasteiger partial charge >= 0.3 is 5.97 Å². The lowest BCUT2D eigenvalue weighted by Crippen LogP contribution is -2.28. The summed E-state index contributed by atoms with van der Waals surface area (Å²) in [7, 11) is 1.40. The molecule has 1 aromatic heterocycles. The van der Waals surface area contributed by atoms with Crippen LogP contribution >= 0.6 is 11.3 Å². The number of rotatable bonds is 5. The van der Waals surface area contributed by atoms with E-state index in [1.165, 1.54) is 7.11 Å². The van der Waals surface area contributed by atoms with Crippen LogP contribution in [0.15, 0.2) is 5.38 Å². The van der Waals surface area contributed by atoms with Gasteiger partial charge in [-0.15, -0.1) is 11.3 Å². The molecule has 1 aromatic rings. The lowest BCUT2D eigenvalue weighted by Gasteiger charge is -2.10. The van der Waals surface area contributed by atoms with Gasteiger partial charge in [0, 0.05) is 23.7 Å². The molecule has 1 atom stereocenters. The fraction of sp³-hybridized carbons (Fsp3) is 0.600. The molecule has 1 unspecified atom stereocenters. The molecular weight excluding hydrogens is 212 g/mol. The second kappa shape index (κ2) is 5.82. The molecule has 15 heavy (non-hydrogen) atoms. The molecule has 0 radical (unpaired) electrons. The number of thiazole rings is 1. The number of aromatic nitrogens is 1. The molecule has 0 saturated carbocycles. The van der Waals surface area contributed by atoms with E-state index in [2.05, 4.69) is 15.0 Å². The van der Waals surface area contributed by atoms with Gasteiger partial charge < -0.3 is 10.1 Å². The van der Waals surface area contributed by atoms with Crippen LogP contribution in [0.4, 0.5) is 0 Å². The lowest BCUT2D eigenvalue weighted by molar-refractivity contribution is -0.141. The first-order chi connectivity index (χ1) is 7.11. The Bertz CT molecular complexity index is 325. The third kappa shape index (κ3) is 4.40. The lowest BCUT2D eigenvalue weighted by atomic mass is 10.2. The first kappa shape index (κ1) is 12.1. The molecule has 1 N–H and O–H groups in total. The Morgan fingerprint density at radius 3 is 3.00 bits per heavy atom. The van der Waals surface area contributed by atoms with E-state index in [0.29, 0.717) is 13.0 Å². The smallest absolute Gasteiger partial charge is 0.307 e. The van der Waals surface area contributed by atoms with Gasteiger partial charge in [-0.1, -0.05) is 0 Å². The Morgan fingerprint density at radius 1 is 1.73 bits per heavy atom. The number of nitrogens with zero attached hydrogens (tertiary/aromatic N) is 1. The second-order valence-electron chi connectivity index (χ2n) is 3.44. The van der Waals surface area contributed by atoms with E-state index in [1.807, 2.05) is 19.2 Å². The summed E-state index contributed by atoms with van der Waals surface area (Å²) in [4.78, 5) is 15.3. The van der Waals surface area contributed by atoms with Gasteiger partial charge in [-0.3, -0.25) is 4.79 Å². The molecule has 1 heterocycles. The highest BCUT2D eigenvalue weighted by Gasteiger charge is 2.08. The van der Waals surface area contributed by atoms with Gasteiger partial charge in [0.1, 0.15) is 5.01 Å². The van der Waals surface area contributed by atoms with Crippen LogP contribution in [0.25, 0.3) is 0 Å². The molecule has 0 aromatic carbocycles. The molecule has 4 nitrogen and oxygen atoms in total. The van der Waals surface area contributed by atoms with Gasteiger partial charge in [0.15, 0.2) is 0 Å². The van der Waals surface area contributed by atoms with Gasteiger partial charge in [-0.25, -0.2) is 4.98 Å². The third-order valence-electron chi connectivity index (χ3n) is 1.97. The molecule has 84 valence electrons. The minimum absolute atomic E-state index is 0.113. The summed E-state index contributed by atoms with van der Waals surface area (Å²) < 4.78 is 4.59. The fourth-order valence-electron chi connectivity index (χ4n) is 1.15. The summed E-state index contributed by atoms with van der Waals surface area (Å²) in [6.07, 6.45) is 0.390. The maximum absolute atomic E-state index is 11.0. The van der Waals surface area contributed by atoms with Crippen LogP contribution < -0.4 is 5.32 Å². The van der Waals surface area contributed by atoms with E-state index in [0.717, 1.165) is 10.7 Å².